The highest BCUT2D eigenvalue weighted by Crippen LogP contribution is 2.32. The third-order valence-corrected chi connectivity index (χ3v) is 4.39. The second-order valence-electron chi connectivity index (χ2n) is 5.68. The normalized spacial score (nSPS) is 19.6. The van der Waals surface area contributed by atoms with E-state index < -0.39 is 0 Å². The Morgan fingerprint density at radius 2 is 1.35 bits per heavy atom. The molecule has 0 spiro atoms. The van der Waals surface area contributed by atoms with Gasteiger partial charge in [-0.1, -0.05) is 12.1 Å². The number of para-hydroxylation sites is 2. The van der Waals surface area contributed by atoms with Crippen LogP contribution in [-0.2, 0) is 4.79 Å². The van der Waals surface area contributed by atoms with E-state index in [0.29, 0.717) is 0 Å². The summed E-state index contributed by atoms with van der Waals surface area (Å²) in [7, 11) is 0. The maximum atomic E-state index is 11.4. The Labute approximate surface area is 121 Å². The Kier molecular flexibility index (Phi) is 3.81. The van der Waals surface area contributed by atoms with Crippen LogP contribution in [0, 0.1) is 0 Å². The fourth-order valence-electron chi connectivity index (χ4n) is 3.22. The SMILES string of the molecule is CC(=O)N1CCN(c2ccccc2N2CCCC2)CC1. The Bertz CT molecular complexity index is 474. The average Bonchev–Trinajstić information content (AvgIpc) is 3.01. The van der Waals surface area contributed by atoms with Gasteiger partial charge in [0.15, 0.2) is 0 Å². The van der Waals surface area contributed by atoms with Crippen LogP contribution in [0.5, 0.6) is 0 Å². The molecular formula is C16H23N3O. The van der Waals surface area contributed by atoms with Crippen LogP contribution in [0.15, 0.2) is 24.3 Å². The number of carbonyl (C=O) groups is 1. The monoisotopic (exact) mass is 273 g/mol. The number of rotatable bonds is 2. The number of benzene rings is 1. The van der Waals surface area contributed by atoms with Crippen LogP contribution in [0.2, 0.25) is 0 Å². The van der Waals surface area contributed by atoms with E-state index in [2.05, 4.69) is 34.1 Å². The lowest BCUT2D eigenvalue weighted by Gasteiger charge is -2.37. The summed E-state index contributed by atoms with van der Waals surface area (Å²) in [5.74, 6) is 0.192. The van der Waals surface area contributed by atoms with Crippen molar-refractivity contribution in [2.45, 2.75) is 19.8 Å². The molecule has 0 atom stereocenters. The molecule has 0 bridgehead atoms. The molecule has 4 nitrogen and oxygen atoms in total. The van der Waals surface area contributed by atoms with Crippen LogP contribution in [0.3, 0.4) is 0 Å². The number of hydrogen-bond acceptors (Lipinski definition) is 3. The molecule has 2 fully saturated rings. The van der Waals surface area contributed by atoms with Crippen molar-refractivity contribution in [3.05, 3.63) is 24.3 Å². The van der Waals surface area contributed by atoms with Gasteiger partial charge in [-0.3, -0.25) is 4.79 Å². The largest absolute Gasteiger partial charge is 0.370 e. The van der Waals surface area contributed by atoms with Gasteiger partial charge in [0.25, 0.3) is 0 Å². The van der Waals surface area contributed by atoms with Crippen molar-refractivity contribution < 1.29 is 4.79 Å². The van der Waals surface area contributed by atoms with Crippen molar-refractivity contribution in [1.29, 1.82) is 0 Å². The zero-order valence-corrected chi connectivity index (χ0v) is 12.2. The highest BCUT2D eigenvalue weighted by atomic mass is 16.2. The Hall–Kier alpha value is -1.71. The minimum Gasteiger partial charge on any atom is -0.370 e. The van der Waals surface area contributed by atoms with Crippen molar-refractivity contribution in [3.8, 4) is 0 Å². The first kappa shape index (κ1) is 13.3. The molecule has 3 rings (SSSR count). The molecule has 2 aliphatic heterocycles. The van der Waals surface area contributed by atoms with Crippen molar-refractivity contribution in [3.63, 3.8) is 0 Å². The number of amides is 1. The van der Waals surface area contributed by atoms with Crippen molar-refractivity contribution >= 4 is 17.3 Å². The van der Waals surface area contributed by atoms with Gasteiger partial charge in [-0.15, -0.1) is 0 Å². The third-order valence-electron chi connectivity index (χ3n) is 4.39. The molecule has 2 saturated heterocycles. The maximum absolute atomic E-state index is 11.4. The minimum atomic E-state index is 0.192. The Morgan fingerprint density at radius 3 is 1.85 bits per heavy atom. The van der Waals surface area contributed by atoms with Crippen LogP contribution in [0.1, 0.15) is 19.8 Å². The lowest BCUT2D eigenvalue weighted by atomic mass is 10.2. The van der Waals surface area contributed by atoms with Crippen molar-refractivity contribution in [2.24, 2.45) is 0 Å². The highest BCUT2D eigenvalue weighted by molar-refractivity contribution is 5.75. The van der Waals surface area contributed by atoms with E-state index in [-0.39, 0.29) is 5.91 Å². The molecule has 4 heteroatoms. The topological polar surface area (TPSA) is 26.8 Å². The predicted molar refractivity (Wildman–Crippen MR) is 82.4 cm³/mol. The van der Waals surface area contributed by atoms with Gasteiger partial charge >= 0.3 is 0 Å². The lowest BCUT2D eigenvalue weighted by Crippen LogP contribution is -2.48. The molecule has 1 aromatic rings. The smallest absolute Gasteiger partial charge is 0.219 e. The second-order valence-corrected chi connectivity index (χ2v) is 5.68. The van der Waals surface area contributed by atoms with E-state index in [1.54, 1.807) is 6.92 Å². The molecule has 0 radical (unpaired) electrons. The molecule has 0 unspecified atom stereocenters. The van der Waals surface area contributed by atoms with Gasteiger partial charge in [-0.2, -0.15) is 0 Å². The summed E-state index contributed by atoms with van der Waals surface area (Å²) < 4.78 is 0. The van der Waals surface area contributed by atoms with Gasteiger partial charge in [0.05, 0.1) is 11.4 Å². The van der Waals surface area contributed by atoms with Gasteiger partial charge < -0.3 is 14.7 Å². The van der Waals surface area contributed by atoms with E-state index in [1.807, 2.05) is 4.90 Å². The van der Waals surface area contributed by atoms with Gasteiger partial charge in [0.1, 0.15) is 0 Å². The molecule has 1 aromatic carbocycles. The van der Waals surface area contributed by atoms with Crippen LogP contribution in [-0.4, -0.2) is 50.1 Å². The van der Waals surface area contributed by atoms with E-state index in [4.69, 9.17) is 0 Å². The van der Waals surface area contributed by atoms with Gasteiger partial charge in [-0.25, -0.2) is 0 Å². The molecule has 2 heterocycles. The first-order chi connectivity index (χ1) is 9.75. The first-order valence-electron chi connectivity index (χ1n) is 7.60. The van der Waals surface area contributed by atoms with Crippen LogP contribution < -0.4 is 9.80 Å². The summed E-state index contributed by atoms with van der Waals surface area (Å²) in [4.78, 5) is 18.3. The molecule has 1 amide bonds. The predicted octanol–water partition coefficient (Wildman–Crippen LogP) is 1.96. The Balaban J connectivity index is 1.76. The van der Waals surface area contributed by atoms with Crippen molar-refractivity contribution in [1.82, 2.24) is 4.90 Å². The fraction of sp³-hybridized carbons (Fsp3) is 0.562. The van der Waals surface area contributed by atoms with Crippen LogP contribution >= 0.6 is 0 Å². The number of anilines is 2. The molecule has 2 aliphatic rings. The summed E-state index contributed by atoms with van der Waals surface area (Å²) in [6.07, 6.45) is 2.60. The molecular weight excluding hydrogens is 250 g/mol. The molecule has 0 aromatic heterocycles. The quantitative estimate of drug-likeness (QED) is 0.824. The fourth-order valence-corrected chi connectivity index (χ4v) is 3.22. The Morgan fingerprint density at radius 1 is 0.850 bits per heavy atom. The van der Waals surface area contributed by atoms with E-state index in [9.17, 15) is 4.79 Å². The minimum absolute atomic E-state index is 0.192. The summed E-state index contributed by atoms with van der Waals surface area (Å²) in [6.45, 7) is 7.55. The molecule has 108 valence electrons. The molecule has 0 aliphatic carbocycles. The number of hydrogen-bond donors (Lipinski definition) is 0. The zero-order chi connectivity index (χ0) is 13.9. The summed E-state index contributed by atoms with van der Waals surface area (Å²) in [5.41, 5.74) is 2.69. The summed E-state index contributed by atoms with van der Waals surface area (Å²) in [6, 6.07) is 8.70. The van der Waals surface area contributed by atoms with Gasteiger partial charge in [0, 0.05) is 46.2 Å². The number of carbonyl (C=O) groups excluding carboxylic acids is 1. The van der Waals surface area contributed by atoms with Crippen LogP contribution in [0.4, 0.5) is 11.4 Å². The molecule has 20 heavy (non-hydrogen) atoms. The second kappa shape index (κ2) is 5.73. The van der Waals surface area contributed by atoms with Gasteiger partial charge in [0.2, 0.25) is 5.91 Å². The number of piperazine rings is 1. The van der Waals surface area contributed by atoms with Gasteiger partial charge in [-0.05, 0) is 25.0 Å². The van der Waals surface area contributed by atoms with Crippen molar-refractivity contribution in [2.75, 3.05) is 49.1 Å². The van der Waals surface area contributed by atoms with E-state index in [0.717, 1.165) is 26.2 Å². The van der Waals surface area contributed by atoms with E-state index >= 15 is 0 Å². The number of nitrogens with zero attached hydrogens (tertiary/aromatic N) is 3. The lowest BCUT2D eigenvalue weighted by molar-refractivity contribution is -0.129. The molecule has 0 saturated carbocycles. The maximum Gasteiger partial charge on any atom is 0.219 e. The third kappa shape index (κ3) is 2.60. The molecule has 0 N–H and O–H groups in total. The standard InChI is InChI=1S/C16H23N3O/c1-14(20)17-10-12-19(13-11-17)16-7-3-2-6-15(16)18-8-4-5-9-18/h2-3,6-7H,4-5,8-13H2,1H3. The highest BCUT2D eigenvalue weighted by Gasteiger charge is 2.23. The summed E-state index contributed by atoms with van der Waals surface area (Å²) >= 11 is 0. The first-order valence-corrected chi connectivity index (χ1v) is 7.60. The summed E-state index contributed by atoms with van der Waals surface area (Å²) in [5, 5.41) is 0. The van der Waals surface area contributed by atoms with Crippen LogP contribution in [0.25, 0.3) is 0 Å². The van der Waals surface area contributed by atoms with E-state index in [1.165, 1.54) is 37.3 Å². The zero-order valence-electron chi connectivity index (χ0n) is 12.2. The average molecular weight is 273 g/mol.